The van der Waals surface area contributed by atoms with Crippen LogP contribution in [0, 0.1) is 17.0 Å². The van der Waals surface area contributed by atoms with Crippen molar-refractivity contribution in [3.05, 3.63) is 98.4 Å². The number of ether oxygens (including phenoxy) is 2. The van der Waals surface area contributed by atoms with Gasteiger partial charge in [-0.15, -0.1) is 0 Å². The van der Waals surface area contributed by atoms with E-state index in [0.29, 0.717) is 23.0 Å². The van der Waals surface area contributed by atoms with Crippen molar-refractivity contribution >= 4 is 52.2 Å². The Hall–Kier alpha value is -4.97. The molecule has 40 heavy (non-hydrogen) atoms. The van der Waals surface area contributed by atoms with Gasteiger partial charge in [0.2, 0.25) is 5.91 Å². The van der Waals surface area contributed by atoms with E-state index in [0.717, 1.165) is 16.5 Å². The number of amides is 3. The highest BCUT2D eigenvalue weighted by molar-refractivity contribution is 8.18. The Morgan fingerprint density at radius 1 is 1.05 bits per heavy atom. The van der Waals surface area contributed by atoms with E-state index >= 15 is 0 Å². The summed E-state index contributed by atoms with van der Waals surface area (Å²) in [5, 5.41) is 13.1. The van der Waals surface area contributed by atoms with Gasteiger partial charge in [-0.2, -0.15) is 0 Å². The number of nitro benzene ring substituents is 1. The molecule has 0 spiro atoms. The van der Waals surface area contributed by atoms with Gasteiger partial charge >= 0.3 is 5.97 Å². The zero-order valence-electron chi connectivity index (χ0n) is 21.4. The topological polar surface area (TPSA) is 145 Å². The van der Waals surface area contributed by atoms with Crippen molar-refractivity contribution in [2.24, 2.45) is 0 Å². The summed E-state index contributed by atoms with van der Waals surface area (Å²) in [7, 11) is 0. The standard InChI is InChI=1S/C28H23N3O8S/c1-3-38-23-13-18(9-12-22(23)39-27(34)19-5-4-6-21(15-19)31(36)37)14-24-26(33)30(28(35)40-24)16-25(32)29-20-10-7-17(2)8-11-20/h4-15H,3,16H2,1-2H3,(H,29,32)/b24-14-. The van der Waals surface area contributed by atoms with Crippen LogP contribution in [0.1, 0.15) is 28.4 Å². The fraction of sp³-hybridized carbons (Fsp3) is 0.143. The van der Waals surface area contributed by atoms with Gasteiger partial charge in [-0.3, -0.25) is 29.4 Å². The first-order chi connectivity index (χ1) is 19.1. The summed E-state index contributed by atoms with van der Waals surface area (Å²) in [5.74, 6) is -1.69. The average molecular weight is 562 g/mol. The molecule has 0 unspecified atom stereocenters. The molecular weight excluding hydrogens is 538 g/mol. The Balaban J connectivity index is 1.48. The molecular formula is C28H23N3O8S. The number of imide groups is 1. The van der Waals surface area contributed by atoms with Gasteiger partial charge < -0.3 is 14.8 Å². The number of carbonyl (C=O) groups excluding carboxylic acids is 4. The maximum Gasteiger partial charge on any atom is 0.343 e. The second kappa shape index (κ2) is 12.3. The molecule has 3 amide bonds. The number of non-ortho nitro benzene ring substituents is 1. The molecule has 0 bridgehead atoms. The van der Waals surface area contributed by atoms with Crippen LogP contribution < -0.4 is 14.8 Å². The largest absolute Gasteiger partial charge is 0.490 e. The summed E-state index contributed by atoms with van der Waals surface area (Å²) in [6.07, 6.45) is 1.47. The fourth-order valence-corrected chi connectivity index (χ4v) is 4.48. The maximum absolute atomic E-state index is 12.9. The van der Waals surface area contributed by atoms with E-state index in [-0.39, 0.29) is 34.3 Å². The Bertz CT molecular complexity index is 1530. The Kier molecular flexibility index (Phi) is 8.60. The maximum atomic E-state index is 12.9. The molecule has 1 saturated heterocycles. The highest BCUT2D eigenvalue weighted by atomic mass is 32.2. The zero-order valence-corrected chi connectivity index (χ0v) is 22.2. The predicted octanol–water partition coefficient (Wildman–Crippen LogP) is 5.20. The molecule has 0 aromatic heterocycles. The van der Waals surface area contributed by atoms with Gasteiger partial charge in [0.25, 0.3) is 16.8 Å². The van der Waals surface area contributed by atoms with Crippen molar-refractivity contribution in [3.8, 4) is 11.5 Å². The van der Waals surface area contributed by atoms with E-state index in [1.54, 1.807) is 25.1 Å². The second-order valence-corrected chi connectivity index (χ2v) is 9.51. The minimum absolute atomic E-state index is 0.0131. The lowest BCUT2D eigenvalue weighted by Gasteiger charge is -2.13. The molecule has 0 radical (unpaired) electrons. The summed E-state index contributed by atoms with van der Waals surface area (Å²) in [6.45, 7) is 3.44. The van der Waals surface area contributed by atoms with Crippen molar-refractivity contribution < 1.29 is 33.6 Å². The molecule has 204 valence electrons. The van der Waals surface area contributed by atoms with Crippen molar-refractivity contribution in [3.63, 3.8) is 0 Å². The Morgan fingerprint density at radius 2 is 1.80 bits per heavy atom. The number of anilines is 1. The summed E-state index contributed by atoms with van der Waals surface area (Å²) in [6, 6.07) is 16.8. The SMILES string of the molecule is CCOc1cc(/C=C2\SC(=O)N(CC(=O)Nc3ccc(C)cc3)C2=O)ccc1OC(=O)c1cccc([N+](=O)[O-])c1. The van der Waals surface area contributed by atoms with Crippen molar-refractivity contribution in [1.29, 1.82) is 0 Å². The number of hydrogen-bond acceptors (Lipinski definition) is 9. The highest BCUT2D eigenvalue weighted by Crippen LogP contribution is 2.35. The molecule has 1 aliphatic heterocycles. The Labute approximate surface area is 232 Å². The lowest BCUT2D eigenvalue weighted by molar-refractivity contribution is -0.384. The zero-order chi connectivity index (χ0) is 28.8. The average Bonchev–Trinajstić information content (AvgIpc) is 3.18. The molecule has 1 N–H and O–H groups in total. The van der Waals surface area contributed by atoms with Gasteiger partial charge in [0.05, 0.1) is 22.0 Å². The van der Waals surface area contributed by atoms with E-state index in [2.05, 4.69) is 5.32 Å². The van der Waals surface area contributed by atoms with E-state index in [1.165, 1.54) is 36.4 Å². The van der Waals surface area contributed by atoms with Crippen LogP contribution in [0.5, 0.6) is 11.5 Å². The molecule has 0 aliphatic carbocycles. The third kappa shape index (κ3) is 6.72. The molecule has 1 fully saturated rings. The van der Waals surface area contributed by atoms with Crippen LogP contribution in [0.15, 0.2) is 71.6 Å². The minimum Gasteiger partial charge on any atom is -0.490 e. The van der Waals surface area contributed by atoms with Gasteiger partial charge in [0, 0.05) is 17.8 Å². The van der Waals surface area contributed by atoms with Crippen molar-refractivity contribution in [2.75, 3.05) is 18.5 Å². The van der Waals surface area contributed by atoms with E-state index in [1.807, 2.05) is 19.1 Å². The number of nitrogens with one attached hydrogen (secondary N) is 1. The number of nitrogens with zero attached hydrogens (tertiary/aromatic N) is 2. The van der Waals surface area contributed by atoms with E-state index < -0.39 is 34.5 Å². The van der Waals surface area contributed by atoms with Crippen LogP contribution in [0.25, 0.3) is 6.08 Å². The molecule has 4 rings (SSSR count). The highest BCUT2D eigenvalue weighted by Gasteiger charge is 2.36. The predicted molar refractivity (Wildman–Crippen MR) is 148 cm³/mol. The number of benzene rings is 3. The van der Waals surface area contributed by atoms with Crippen molar-refractivity contribution in [1.82, 2.24) is 4.90 Å². The number of esters is 1. The number of aryl methyl sites for hydroxylation is 1. The molecule has 11 nitrogen and oxygen atoms in total. The molecule has 3 aromatic rings. The first-order valence-corrected chi connectivity index (χ1v) is 12.8. The number of carbonyl (C=O) groups is 4. The Morgan fingerprint density at radius 3 is 2.50 bits per heavy atom. The first-order valence-electron chi connectivity index (χ1n) is 12.0. The lowest BCUT2D eigenvalue weighted by atomic mass is 10.1. The number of rotatable bonds is 9. The van der Waals surface area contributed by atoms with Crippen molar-refractivity contribution in [2.45, 2.75) is 13.8 Å². The van der Waals surface area contributed by atoms with Crippen LogP contribution in [0.4, 0.5) is 16.2 Å². The first kappa shape index (κ1) is 28.0. The summed E-state index contributed by atoms with van der Waals surface area (Å²) in [5.41, 5.74) is 1.79. The monoisotopic (exact) mass is 561 g/mol. The van der Waals surface area contributed by atoms with E-state index in [9.17, 15) is 29.3 Å². The summed E-state index contributed by atoms with van der Waals surface area (Å²) in [4.78, 5) is 61.8. The summed E-state index contributed by atoms with van der Waals surface area (Å²) >= 11 is 0.699. The molecule has 1 aliphatic rings. The molecule has 12 heteroatoms. The summed E-state index contributed by atoms with van der Waals surface area (Å²) < 4.78 is 11.0. The van der Waals surface area contributed by atoms with Crippen LogP contribution in [-0.2, 0) is 9.59 Å². The van der Waals surface area contributed by atoms with Gasteiger partial charge in [0.1, 0.15) is 6.54 Å². The van der Waals surface area contributed by atoms with Gasteiger partial charge in [-0.05, 0) is 67.6 Å². The molecule has 3 aromatic carbocycles. The molecule has 0 atom stereocenters. The van der Waals surface area contributed by atoms with Crippen LogP contribution in [0.2, 0.25) is 0 Å². The fourth-order valence-electron chi connectivity index (χ4n) is 3.64. The smallest absolute Gasteiger partial charge is 0.343 e. The quantitative estimate of drug-likeness (QED) is 0.123. The molecule has 0 saturated carbocycles. The van der Waals surface area contributed by atoms with Gasteiger partial charge in [-0.1, -0.05) is 29.8 Å². The van der Waals surface area contributed by atoms with Crippen LogP contribution >= 0.6 is 11.8 Å². The van der Waals surface area contributed by atoms with Crippen LogP contribution in [-0.4, -0.2) is 46.0 Å². The second-order valence-electron chi connectivity index (χ2n) is 8.52. The minimum atomic E-state index is -0.817. The van der Waals surface area contributed by atoms with Gasteiger partial charge in [0.15, 0.2) is 11.5 Å². The molecule has 1 heterocycles. The third-order valence-corrected chi connectivity index (χ3v) is 6.48. The van der Waals surface area contributed by atoms with Gasteiger partial charge in [-0.25, -0.2) is 4.79 Å². The lowest BCUT2D eigenvalue weighted by Crippen LogP contribution is -2.36. The third-order valence-electron chi connectivity index (χ3n) is 5.57. The number of thioether (sulfide) groups is 1. The normalized spacial score (nSPS) is 13.8. The van der Waals surface area contributed by atoms with E-state index in [4.69, 9.17) is 9.47 Å². The van der Waals surface area contributed by atoms with Crippen LogP contribution in [0.3, 0.4) is 0 Å². The number of hydrogen-bond donors (Lipinski definition) is 1. The number of nitro groups is 1.